The van der Waals surface area contributed by atoms with Crippen LogP contribution in [0.3, 0.4) is 0 Å². The molecule has 0 radical (unpaired) electrons. The number of aryl methyl sites for hydroxylation is 4. The minimum Gasteiger partial charge on any atom is -0.433 e. The second kappa shape index (κ2) is 19.4. The summed E-state index contributed by atoms with van der Waals surface area (Å²) in [7, 11) is 0. The van der Waals surface area contributed by atoms with Gasteiger partial charge in [-0.1, -0.05) is 81.3 Å². The zero-order valence-electron chi connectivity index (χ0n) is 24.1. The molecule has 0 saturated heterocycles. The first kappa shape index (κ1) is 35.3. The lowest BCUT2D eigenvalue weighted by molar-refractivity contribution is -0.159. The van der Waals surface area contributed by atoms with Crippen molar-refractivity contribution in [2.24, 2.45) is 0 Å². The van der Waals surface area contributed by atoms with E-state index >= 15 is 0 Å². The van der Waals surface area contributed by atoms with Gasteiger partial charge < -0.3 is 14.3 Å². The standard InChI is InChI=1S/C21H26O.C9H10F2O.C2H4O.CH2O.2H2/c1-4-6-17-10-12-19(13-11-17)21(22)15-18-9-8-16(3)20(14-18)7-5-2;1-7-4-3-5-8(6-7)12-9(2,10)11;1-2-3;1-2;;/h8-14H,4-7,15H2,1-3H3;3-6H,1-2H3;2H,1H3;1H2;2*1H. The number of hydrogen-bond acceptors (Lipinski definition) is 4. The van der Waals surface area contributed by atoms with Gasteiger partial charge in [-0.2, -0.15) is 8.78 Å². The van der Waals surface area contributed by atoms with E-state index in [4.69, 9.17) is 9.59 Å². The highest BCUT2D eigenvalue weighted by atomic mass is 19.3. The molecular weight excluding hydrogens is 498 g/mol. The number of rotatable bonds is 9. The van der Waals surface area contributed by atoms with Crippen molar-refractivity contribution >= 4 is 18.9 Å². The summed E-state index contributed by atoms with van der Waals surface area (Å²) < 4.78 is 29.0. The first-order valence-electron chi connectivity index (χ1n) is 13.1. The fourth-order valence-electron chi connectivity index (χ4n) is 3.69. The van der Waals surface area contributed by atoms with Crippen LogP contribution in [0.4, 0.5) is 8.78 Å². The quantitative estimate of drug-likeness (QED) is 0.199. The largest absolute Gasteiger partial charge is 0.433 e. The van der Waals surface area contributed by atoms with E-state index < -0.39 is 6.11 Å². The third-order valence-electron chi connectivity index (χ3n) is 5.40. The number of hydrogen-bond donors (Lipinski definition) is 0. The highest BCUT2D eigenvalue weighted by molar-refractivity contribution is 5.97. The Labute approximate surface area is 235 Å². The molecule has 0 aliphatic heterocycles. The van der Waals surface area contributed by atoms with Crippen molar-refractivity contribution in [1.29, 1.82) is 0 Å². The maximum atomic E-state index is 12.4. The summed E-state index contributed by atoms with van der Waals surface area (Å²) in [5, 5.41) is 0. The van der Waals surface area contributed by atoms with E-state index in [1.165, 1.54) is 29.7 Å². The van der Waals surface area contributed by atoms with Gasteiger partial charge >= 0.3 is 6.11 Å². The van der Waals surface area contributed by atoms with Crippen LogP contribution in [0, 0.1) is 13.8 Å². The molecule has 0 saturated carbocycles. The Kier molecular flexibility index (Phi) is 17.6. The molecule has 3 aromatic rings. The van der Waals surface area contributed by atoms with E-state index in [0.29, 0.717) is 6.42 Å². The Morgan fingerprint density at radius 3 is 2.00 bits per heavy atom. The SMILES string of the molecule is C=O.CC=O.CCCc1ccc(C(=O)Cc2ccc(C)c(CCC)c2)cc1.Cc1cccc(OC(C)(F)F)c1.[HH].[HH]. The molecule has 6 heteroatoms. The van der Waals surface area contributed by atoms with Crippen LogP contribution in [0.25, 0.3) is 0 Å². The van der Waals surface area contributed by atoms with Gasteiger partial charge in [0.1, 0.15) is 18.8 Å². The molecule has 0 heterocycles. The van der Waals surface area contributed by atoms with Crippen LogP contribution >= 0.6 is 0 Å². The third kappa shape index (κ3) is 15.4. The molecule has 0 aromatic heterocycles. The summed E-state index contributed by atoms with van der Waals surface area (Å²) in [6.07, 6.45) is 2.57. The molecule has 0 aliphatic rings. The van der Waals surface area contributed by atoms with Gasteiger partial charge in [-0.15, -0.1) is 0 Å². The van der Waals surface area contributed by atoms with E-state index in [9.17, 15) is 13.6 Å². The second-order valence-electron chi connectivity index (χ2n) is 9.02. The van der Waals surface area contributed by atoms with Gasteiger partial charge in [0.2, 0.25) is 0 Å². The lowest BCUT2D eigenvalue weighted by Gasteiger charge is -2.12. The van der Waals surface area contributed by atoms with Crippen molar-refractivity contribution in [1.82, 2.24) is 0 Å². The molecule has 216 valence electrons. The number of halogens is 2. The summed E-state index contributed by atoms with van der Waals surface area (Å²) in [6, 6.07) is 21.1. The van der Waals surface area contributed by atoms with Crippen molar-refractivity contribution in [2.45, 2.75) is 79.8 Å². The fourth-order valence-corrected chi connectivity index (χ4v) is 3.69. The molecule has 0 N–H and O–H groups in total. The van der Waals surface area contributed by atoms with Crippen LogP contribution in [0.15, 0.2) is 66.7 Å². The predicted octanol–water partition coefficient (Wildman–Crippen LogP) is 8.82. The van der Waals surface area contributed by atoms with Crippen LogP contribution in [0.5, 0.6) is 5.75 Å². The molecule has 0 fully saturated rings. The van der Waals surface area contributed by atoms with E-state index in [1.807, 2.05) is 31.9 Å². The number of alkyl halides is 2. The molecule has 0 aliphatic carbocycles. The first-order valence-corrected chi connectivity index (χ1v) is 13.1. The van der Waals surface area contributed by atoms with Crippen LogP contribution in [-0.4, -0.2) is 25.0 Å². The molecule has 0 spiro atoms. The lowest BCUT2D eigenvalue weighted by atomic mass is 9.96. The zero-order chi connectivity index (χ0) is 29.8. The topological polar surface area (TPSA) is 60.4 Å². The van der Waals surface area contributed by atoms with Crippen molar-refractivity contribution < 1.29 is 30.8 Å². The average Bonchev–Trinajstić information content (AvgIpc) is 2.88. The van der Waals surface area contributed by atoms with E-state index in [2.05, 4.69) is 55.8 Å². The maximum absolute atomic E-state index is 12.4. The summed E-state index contributed by atoms with van der Waals surface area (Å²) >= 11 is 0. The predicted molar refractivity (Wildman–Crippen MR) is 159 cm³/mol. The van der Waals surface area contributed by atoms with Crippen LogP contribution in [0.1, 0.15) is 81.6 Å². The van der Waals surface area contributed by atoms with Crippen molar-refractivity contribution in [2.75, 3.05) is 0 Å². The molecule has 3 rings (SSSR count). The number of Topliss-reactive ketones (excluding diaryl/α,β-unsaturated/α-hetero) is 1. The van der Waals surface area contributed by atoms with Gasteiger partial charge in [0.25, 0.3) is 0 Å². The summed E-state index contributed by atoms with van der Waals surface area (Å²) in [4.78, 5) is 29.2. The molecular formula is C33H46F2O4. The molecule has 4 nitrogen and oxygen atoms in total. The fraction of sp³-hybridized carbons (Fsp3) is 0.364. The Morgan fingerprint density at radius 2 is 1.49 bits per heavy atom. The van der Waals surface area contributed by atoms with Crippen LogP contribution in [-0.2, 0) is 28.9 Å². The molecule has 0 unspecified atom stereocenters. The van der Waals surface area contributed by atoms with Gasteiger partial charge in [0.05, 0.1) is 0 Å². The van der Waals surface area contributed by atoms with E-state index in [0.717, 1.165) is 55.6 Å². The van der Waals surface area contributed by atoms with Gasteiger partial charge in [-0.05, 0) is 73.6 Å². The van der Waals surface area contributed by atoms with Gasteiger partial charge in [-0.3, -0.25) is 4.79 Å². The van der Waals surface area contributed by atoms with Crippen molar-refractivity contribution in [3.05, 3.63) is 100 Å². The van der Waals surface area contributed by atoms with Crippen LogP contribution in [0.2, 0.25) is 0 Å². The monoisotopic (exact) mass is 544 g/mol. The maximum Gasteiger partial charge on any atom is 0.394 e. The van der Waals surface area contributed by atoms with Crippen LogP contribution < -0.4 is 4.74 Å². The summed E-state index contributed by atoms with van der Waals surface area (Å²) in [5.41, 5.74) is 6.83. The average molecular weight is 545 g/mol. The van der Waals surface area contributed by atoms with E-state index in [1.54, 1.807) is 12.1 Å². The lowest BCUT2D eigenvalue weighted by Crippen LogP contribution is -2.18. The Balaban J connectivity index is -0.000000647. The number of aldehydes is 1. The highest BCUT2D eigenvalue weighted by Crippen LogP contribution is 2.21. The molecule has 0 bridgehead atoms. The Bertz CT molecular complexity index is 1130. The highest BCUT2D eigenvalue weighted by Gasteiger charge is 2.22. The number of ketones is 1. The molecule has 3 aromatic carbocycles. The number of carbonyl (C=O) groups is 3. The summed E-state index contributed by atoms with van der Waals surface area (Å²) in [6.45, 7) is 12.5. The first-order chi connectivity index (χ1) is 18.5. The Hall–Kier alpha value is -3.67. The van der Waals surface area contributed by atoms with Gasteiger partial charge in [0.15, 0.2) is 5.78 Å². The Morgan fingerprint density at radius 1 is 0.923 bits per heavy atom. The minimum absolute atomic E-state index is 0. The van der Waals surface area contributed by atoms with E-state index in [-0.39, 0.29) is 14.4 Å². The van der Waals surface area contributed by atoms with Gasteiger partial charge in [-0.25, -0.2) is 0 Å². The zero-order valence-corrected chi connectivity index (χ0v) is 24.1. The molecule has 0 atom stereocenters. The number of ether oxygens (including phenoxy) is 1. The molecule has 0 amide bonds. The minimum atomic E-state index is -3.10. The summed E-state index contributed by atoms with van der Waals surface area (Å²) in [5.74, 6) is 0.400. The number of benzene rings is 3. The normalized spacial score (nSPS) is 9.95. The smallest absolute Gasteiger partial charge is 0.394 e. The molecule has 39 heavy (non-hydrogen) atoms. The van der Waals surface area contributed by atoms with Crippen molar-refractivity contribution in [3.63, 3.8) is 0 Å². The third-order valence-corrected chi connectivity index (χ3v) is 5.40. The second-order valence-corrected chi connectivity index (χ2v) is 9.02. The van der Waals surface area contributed by atoms with Crippen molar-refractivity contribution in [3.8, 4) is 5.75 Å². The van der Waals surface area contributed by atoms with Gasteiger partial charge in [0, 0.05) is 21.8 Å². The number of carbonyl (C=O) groups excluding carboxylic acids is 3.